The molecule has 0 aromatic heterocycles. The molecule has 2 amide bonds. The summed E-state index contributed by atoms with van der Waals surface area (Å²) < 4.78 is 0. The van der Waals surface area contributed by atoms with E-state index in [1.807, 2.05) is 26.0 Å². The summed E-state index contributed by atoms with van der Waals surface area (Å²) in [5, 5.41) is 6.42. The molecule has 0 spiro atoms. The summed E-state index contributed by atoms with van der Waals surface area (Å²) in [5.41, 5.74) is 6.02. The van der Waals surface area contributed by atoms with Gasteiger partial charge in [0.2, 0.25) is 11.8 Å². The van der Waals surface area contributed by atoms with E-state index in [4.69, 9.17) is 0 Å². The van der Waals surface area contributed by atoms with Gasteiger partial charge in [-0.05, 0) is 34.2 Å². The van der Waals surface area contributed by atoms with Gasteiger partial charge in [-0.25, -0.2) is 0 Å². The lowest BCUT2D eigenvalue weighted by atomic mass is 9.92. The molecule has 2 aromatic carbocycles. The maximum atomic E-state index is 13.1. The zero-order valence-electron chi connectivity index (χ0n) is 17.2. The smallest absolute Gasteiger partial charge is 0.243 e. The predicted molar refractivity (Wildman–Crippen MR) is 113 cm³/mol. The number of nitrogens with zero attached hydrogens (tertiary/aromatic N) is 1. The molecule has 2 aliphatic heterocycles. The second-order valence-electron chi connectivity index (χ2n) is 8.19. The predicted octanol–water partition coefficient (Wildman–Crippen LogP) is 2.91. The second-order valence-corrected chi connectivity index (χ2v) is 8.19. The molecule has 5 nitrogen and oxygen atoms in total. The fourth-order valence-corrected chi connectivity index (χ4v) is 4.21. The average molecular weight is 392 g/mol. The molecular weight excluding hydrogens is 362 g/mol. The van der Waals surface area contributed by atoms with Gasteiger partial charge < -0.3 is 15.5 Å². The van der Waals surface area contributed by atoms with Gasteiger partial charge in [0, 0.05) is 38.5 Å². The van der Waals surface area contributed by atoms with Gasteiger partial charge in [-0.3, -0.25) is 9.59 Å². The molecular formula is C24H29N3O2. The Labute approximate surface area is 172 Å². The molecule has 0 radical (unpaired) electrons. The first-order chi connectivity index (χ1) is 14.1. The highest BCUT2D eigenvalue weighted by atomic mass is 16.2. The summed E-state index contributed by atoms with van der Waals surface area (Å²) in [6, 6.07) is 14.0. The van der Waals surface area contributed by atoms with E-state index >= 15 is 0 Å². The number of carbonyl (C=O) groups is 2. The second kappa shape index (κ2) is 8.37. The minimum Gasteiger partial charge on any atom is -0.350 e. The van der Waals surface area contributed by atoms with Gasteiger partial charge in [0.15, 0.2) is 0 Å². The van der Waals surface area contributed by atoms with Crippen molar-refractivity contribution in [2.75, 3.05) is 0 Å². The molecule has 4 rings (SSSR count). The third-order valence-corrected chi connectivity index (χ3v) is 6.24. The summed E-state index contributed by atoms with van der Waals surface area (Å²) >= 11 is 0. The monoisotopic (exact) mass is 391 g/mol. The first-order valence-electron chi connectivity index (χ1n) is 10.5. The van der Waals surface area contributed by atoms with Crippen LogP contribution in [0.3, 0.4) is 0 Å². The minimum atomic E-state index is -0.456. The van der Waals surface area contributed by atoms with E-state index in [0.717, 1.165) is 36.2 Å². The molecule has 2 atom stereocenters. The maximum Gasteiger partial charge on any atom is 0.243 e. The average Bonchev–Trinajstić information content (AvgIpc) is 3.23. The van der Waals surface area contributed by atoms with Crippen molar-refractivity contribution in [1.82, 2.24) is 15.5 Å². The van der Waals surface area contributed by atoms with Crippen LogP contribution in [0.1, 0.15) is 48.1 Å². The van der Waals surface area contributed by atoms with Gasteiger partial charge in [-0.1, -0.05) is 56.3 Å². The molecule has 2 aromatic rings. The lowest BCUT2D eigenvalue weighted by molar-refractivity contribution is -0.144. The van der Waals surface area contributed by atoms with Crippen molar-refractivity contribution in [2.45, 2.75) is 58.9 Å². The fraction of sp³-hybridized carbons (Fsp3) is 0.417. The largest absolute Gasteiger partial charge is 0.350 e. The van der Waals surface area contributed by atoms with E-state index in [-0.39, 0.29) is 17.7 Å². The van der Waals surface area contributed by atoms with Gasteiger partial charge in [0.05, 0.1) is 0 Å². The van der Waals surface area contributed by atoms with Crippen LogP contribution in [0.5, 0.6) is 0 Å². The highest BCUT2D eigenvalue weighted by Gasteiger charge is 2.35. The van der Waals surface area contributed by atoms with Gasteiger partial charge in [-0.2, -0.15) is 0 Å². The Hall–Kier alpha value is -2.66. The molecule has 2 unspecified atom stereocenters. The standard InChI is InChI=1S/C24H29N3O2/c1-3-16(2)24(29)27-15-20-7-5-4-6-18(20)11-22(27)23(28)26-12-17-8-9-19-13-25-14-21(19)10-17/h4-10,16,22,25H,3,11-15H2,1-2H3,(H,26,28). The lowest BCUT2D eigenvalue weighted by Gasteiger charge is -2.37. The fourth-order valence-electron chi connectivity index (χ4n) is 4.21. The highest BCUT2D eigenvalue weighted by Crippen LogP contribution is 2.26. The van der Waals surface area contributed by atoms with E-state index in [0.29, 0.717) is 19.5 Å². The third kappa shape index (κ3) is 4.06. The summed E-state index contributed by atoms with van der Waals surface area (Å²) in [5.74, 6) is -0.0969. The number of rotatable bonds is 5. The van der Waals surface area contributed by atoms with Crippen molar-refractivity contribution in [3.05, 3.63) is 70.3 Å². The van der Waals surface area contributed by atoms with Crippen LogP contribution in [0.2, 0.25) is 0 Å². The minimum absolute atomic E-state index is 0.0609. The molecule has 5 heteroatoms. The first kappa shape index (κ1) is 19.6. The number of nitrogens with one attached hydrogen (secondary N) is 2. The van der Waals surface area contributed by atoms with Gasteiger partial charge >= 0.3 is 0 Å². The van der Waals surface area contributed by atoms with Crippen molar-refractivity contribution >= 4 is 11.8 Å². The summed E-state index contributed by atoms with van der Waals surface area (Å²) in [6.07, 6.45) is 1.34. The van der Waals surface area contributed by atoms with E-state index in [1.165, 1.54) is 11.1 Å². The topological polar surface area (TPSA) is 61.4 Å². The number of carbonyl (C=O) groups excluding carboxylic acids is 2. The number of amides is 2. The van der Waals surface area contributed by atoms with Crippen LogP contribution in [0.15, 0.2) is 42.5 Å². The molecule has 0 saturated heterocycles. The molecule has 0 fully saturated rings. The van der Waals surface area contributed by atoms with Crippen molar-refractivity contribution in [3.8, 4) is 0 Å². The van der Waals surface area contributed by atoms with Crippen LogP contribution in [-0.4, -0.2) is 22.8 Å². The normalized spacial score (nSPS) is 18.7. The summed E-state index contributed by atoms with van der Waals surface area (Å²) in [4.78, 5) is 27.9. The van der Waals surface area contributed by atoms with E-state index in [2.05, 4.69) is 41.0 Å². The van der Waals surface area contributed by atoms with Gasteiger partial charge in [0.25, 0.3) is 0 Å². The van der Waals surface area contributed by atoms with E-state index in [1.54, 1.807) is 4.90 Å². The number of benzene rings is 2. The van der Waals surface area contributed by atoms with Crippen LogP contribution in [0.4, 0.5) is 0 Å². The van der Waals surface area contributed by atoms with Crippen molar-refractivity contribution in [3.63, 3.8) is 0 Å². The van der Waals surface area contributed by atoms with Crippen LogP contribution in [0.25, 0.3) is 0 Å². The molecule has 2 aliphatic rings. The zero-order chi connectivity index (χ0) is 20.4. The van der Waals surface area contributed by atoms with Crippen LogP contribution >= 0.6 is 0 Å². The molecule has 0 bridgehead atoms. The Morgan fingerprint density at radius 2 is 1.86 bits per heavy atom. The van der Waals surface area contributed by atoms with Gasteiger partial charge in [-0.15, -0.1) is 0 Å². The number of fused-ring (bicyclic) bond motifs is 2. The first-order valence-corrected chi connectivity index (χ1v) is 10.5. The van der Waals surface area contributed by atoms with Crippen molar-refractivity contribution in [1.29, 1.82) is 0 Å². The summed E-state index contributed by atoms with van der Waals surface area (Å²) in [6.45, 7) is 6.73. The third-order valence-electron chi connectivity index (χ3n) is 6.24. The molecule has 29 heavy (non-hydrogen) atoms. The Bertz CT molecular complexity index is 924. The molecule has 0 aliphatic carbocycles. The Morgan fingerprint density at radius 3 is 2.66 bits per heavy atom. The lowest BCUT2D eigenvalue weighted by Crippen LogP contribution is -2.53. The molecule has 152 valence electrons. The van der Waals surface area contributed by atoms with Crippen LogP contribution < -0.4 is 10.6 Å². The Kier molecular flexibility index (Phi) is 5.67. The van der Waals surface area contributed by atoms with E-state index in [9.17, 15) is 9.59 Å². The Balaban J connectivity index is 1.50. The van der Waals surface area contributed by atoms with Crippen LogP contribution in [-0.2, 0) is 42.2 Å². The Morgan fingerprint density at radius 1 is 1.10 bits per heavy atom. The summed E-state index contributed by atoms with van der Waals surface area (Å²) in [7, 11) is 0. The zero-order valence-corrected chi connectivity index (χ0v) is 17.2. The molecule has 2 heterocycles. The number of hydrogen-bond acceptors (Lipinski definition) is 3. The van der Waals surface area contributed by atoms with E-state index < -0.39 is 6.04 Å². The molecule has 0 saturated carbocycles. The quantitative estimate of drug-likeness (QED) is 0.824. The molecule has 2 N–H and O–H groups in total. The SMILES string of the molecule is CCC(C)C(=O)N1Cc2ccccc2CC1C(=O)NCc1ccc2c(c1)CNC2. The van der Waals surface area contributed by atoms with Gasteiger partial charge in [0.1, 0.15) is 6.04 Å². The maximum absolute atomic E-state index is 13.1. The number of hydrogen-bond donors (Lipinski definition) is 2. The van der Waals surface area contributed by atoms with Crippen molar-refractivity contribution < 1.29 is 9.59 Å². The van der Waals surface area contributed by atoms with Crippen molar-refractivity contribution in [2.24, 2.45) is 5.92 Å². The highest BCUT2D eigenvalue weighted by molar-refractivity contribution is 5.89. The van der Waals surface area contributed by atoms with Crippen LogP contribution in [0, 0.1) is 5.92 Å².